The second kappa shape index (κ2) is 6.85. The summed E-state index contributed by atoms with van der Waals surface area (Å²) < 4.78 is 5.54. The molecular weight excluding hydrogens is 318 g/mol. The van der Waals surface area contributed by atoms with E-state index in [1.54, 1.807) is 23.5 Å². The van der Waals surface area contributed by atoms with Gasteiger partial charge >= 0.3 is 0 Å². The summed E-state index contributed by atoms with van der Waals surface area (Å²) >= 11 is 2.84. The van der Waals surface area contributed by atoms with Gasteiger partial charge in [0.05, 0.1) is 22.9 Å². The van der Waals surface area contributed by atoms with Gasteiger partial charge in [0.25, 0.3) is 5.22 Å². The molecule has 0 radical (unpaired) electrons. The van der Waals surface area contributed by atoms with E-state index in [0.29, 0.717) is 23.1 Å². The van der Waals surface area contributed by atoms with Crippen LogP contribution in [0, 0.1) is 6.92 Å². The Morgan fingerprint density at radius 1 is 1.27 bits per heavy atom. The van der Waals surface area contributed by atoms with Crippen LogP contribution < -0.4 is 0 Å². The van der Waals surface area contributed by atoms with Crippen molar-refractivity contribution in [3.05, 3.63) is 57.9 Å². The molecule has 5 nitrogen and oxygen atoms in total. The summed E-state index contributed by atoms with van der Waals surface area (Å²) in [6.07, 6.45) is 0.518. The number of aromatic nitrogens is 3. The molecule has 3 aromatic rings. The molecule has 0 aliphatic carbocycles. The van der Waals surface area contributed by atoms with Gasteiger partial charge in [-0.3, -0.25) is 4.79 Å². The molecule has 0 atom stereocenters. The maximum Gasteiger partial charge on any atom is 0.277 e. The zero-order valence-corrected chi connectivity index (χ0v) is 13.5. The van der Waals surface area contributed by atoms with Crippen molar-refractivity contribution in [1.29, 1.82) is 0 Å². The summed E-state index contributed by atoms with van der Waals surface area (Å²) in [4.78, 5) is 16.4. The van der Waals surface area contributed by atoms with Crippen LogP contribution in [0.25, 0.3) is 0 Å². The fourth-order valence-corrected chi connectivity index (χ4v) is 3.13. The van der Waals surface area contributed by atoms with E-state index >= 15 is 0 Å². The van der Waals surface area contributed by atoms with Gasteiger partial charge in [0.2, 0.25) is 5.89 Å². The van der Waals surface area contributed by atoms with Gasteiger partial charge in [0.1, 0.15) is 0 Å². The van der Waals surface area contributed by atoms with Crippen molar-refractivity contribution in [3.63, 3.8) is 0 Å². The molecule has 0 saturated carbocycles. The zero-order valence-electron chi connectivity index (χ0n) is 11.9. The summed E-state index contributed by atoms with van der Waals surface area (Å²) in [6, 6.07) is 9.17. The van der Waals surface area contributed by atoms with E-state index in [2.05, 4.69) is 15.2 Å². The lowest BCUT2D eigenvalue weighted by molar-refractivity contribution is 0.102. The van der Waals surface area contributed by atoms with Crippen LogP contribution in [0.3, 0.4) is 0 Å². The average molecular weight is 331 g/mol. The Bertz CT molecular complexity index is 768. The van der Waals surface area contributed by atoms with E-state index in [4.69, 9.17) is 4.42 Å². The van der Waals surface area contributed by atoms with E-state index in [1.165, 1.54) is 11.8 Å². The molecule has 1 aromatic carbocycles. The van der Waals surface area contributed by atoms with Crippen molar-refractivity contribution in [2.45, 2.75) is 18.6 Å². The van der Waals surface area contributed by atoms with E-state index in [9.17, 15) is 4.79 Å². The largest absolute Gasteiger partial charge is 0.416 e. The molecule has 7 heteroatoms. The summed E-state index contributed by atoms with van der Waals surface area (Å²) in [5, 5.41) is 11.3. The molecule has 0 unspecified atom stereocenters. The van der Waals surface area contributed by atoms with Crippen LogP contribution in [0.1, 0.15) is 27.0 Å². The Kier molecular flexibility index (Phi) is 4.65. The summed E-state index contributed by atoms with van der Waals surface area (Å²) in [7, 11) is 0. The minimum atomic E-state index is 0.0421. The minimum absolute atomic E-state index is 0.0421. The highest BCUT2D eigenvalue weighted by Gasteiger charge is 2.12. The molecule has 2 aromatic heterocycles. The van der Waals surface area contributed by atoms with Crippen molar-refractivity contribution in [2.75, 3.05) is 5.75 Å². The number of rotatable bonds is 6. The molecule has 22 heavy (non-hydrogen) atoms. The molecule has 0 amide bonds. The van der Waals surface area contributed by atoms with Gasteiger partial charge in [-0.25, -0.2) is 4.98 Å². The number of aryl methyl sites for hydroxylation is 1. The van der Waals surface area contributed by atoms with Crippen LogP contribution in [0.15, 0.2) is 45.4 Å². The Morgan fingerprint density at radius 2 is 2.09 bits per heavy atom. The molecule has 0 spiro atoms. The fraction of sp³-hybridized carbons (Fsp3) is 0.200. The first-order chi connectivity index (χ1) is 10.7. The number of thioether (sulfide) groups is 1. The van der Waals surface area contributed by atoms with Crippen molar-refractivity contribution < 1.29 is 9.21 Å². The molecular formula is C15H13N3O2S2. The van der Waals surface area contributed by atoms with Gasteiger partial charge in [0, 0.05) is 10.9 Å². The molecule has 0 aliphatic heterocycles. The first kappa shape index (κ1) is 14.9. The minimum Gasteiger partial charge on any atom is -0.416 e. The lowest BCUT2D eigenvalue weighted by Crippen LogP contribution is -2.01. The first-order valence-electron chi connectivity index (χ1n) is 6.65. The third-order valence-corrected chi connectivity index (χ3v) is 4.51. The van der Waals surface area contributed by atoms with Crippen molar-refractivity contribution in [2.24, 2.45) is 0 Å². The van der Waals surface area contributed by atoms with E-state index in [0.717, 1.165) is 10.7 Å². The molecule has 0 bridgehead atoms. The Balaban J connectivity index is 1.57. The Labute approximate surface area is 135 Å². The predicted molar refractivity (Wildman–Crippen MR) is 85.5 cm³/mol. The first-order valence-corrected chi connectivity index (χ1v) is 8.51. The topological polar surface area (TPSA) is 68.9 Å². The number of ketones is 1. The molecule has 0 saturated heterocycles. The van der Waals surface area contributed by atoms with Crippen molar-refractivity contribution in [1.82, 2.24) is 15.2 Å². The smallest absolute Gasteiger partial charge is 0.277 e. The average Bonchev–Trinajstić information content (AvgIpc) is 3.15. The fourth-order valence-electron chi connectivity index (χ4n) is 1.85. The second-order valence-corrected chi connectivity index (χ2v) is 6.56. The molecule has 0 aliphatic rings. The van der Waals surface area contributed by atoms with Gasteiger partial charge in [-0.15, -0.1) is 21.5 Å². The molecule has 2 heterocycles. The number of nitrogens with zero attached hydrogens (tertiary/aromatic N) is 3. The number of thiazole rings is 1. The number of carbonyl (C=O) groups is 1. The van der Waals surface area contributed by atoms with E-state index in [-0.39, 0.29) is 11.5 Å². The highest BCUT2D eigenvalue weighted by atomic mass is 32.2. The predicted octanol–water partition coefficient (Wildman–Crippen LogP) is 3.40. The zero-order chi connectivity index (χ0) is 15.4. The maximum atomic E-state index is 12.0. The van der Waals surface area contributed by atoms with Crippen LogP contribution in [0.5, 0.6) is 0 Å². The van der Waals surface area contributed by atoms with Crippen molar-refractivity contribution >= 4 is 28.9 Å². The maximum absolute atomic E-state index is 12.0. The second-order valence-electron chi connectivity index (χ2n) is 4.57. The summed E-state index contributed by atoms with van der Waals surface area (Å²) in [5.41, 5.74) is 1.61. The number of hydrogen-bond donors (Lipinski definition) is 0. The number of hydrogen-bond acceptors (Lipinski definition) is 7. The molecule has 0 fully saturated rings. The van der Waals surface area contributed by atoms with E-state index < -0.39 is 0 Å². The summed E-state index contributed by atoms with van der Waals surface area (Å²) in [6.45, 7) is 1.96. The molecule has 112 valence electrons. The van der Waals surface area contributed by atoms with Crippen LogP contribution in [0.2, 0.25) is 0 Å². The lowest BCUT2D eigenvalue weighted by Gasteiger charge is -1.97. The van der Waals surface area contributed by atoms with Gasteiger partial charge in [-0.1, -0.05) is 42.1 Å². The van der Waals surface area contributed by atoms with E-state index in [1.807, 2.05) is 30.5 Å². The van der Waals surface area contributed by atoms with Gasteiger partial charge in [-0.05, 0) is 6.92 Å². The normalized spacial score (nSPS) is 10.8. The quantitative estimate of drug-likeness (QED) is 0.509. The van der Waals surface area contributed by atoms with Crippen LogP contribution in [-0.2, 0) is 6.42 Å². The number of benzene rings is 1. The van der Waals surface area contributed by atoms with Crippen molar-refractivity contribution in [3.8, 4) is 0 Å². The monoisotopic (exact) mass is 331 g/mol. The number of carbonyl (C=O) groups excluding carboxylic acids is 1. The van der Waals surface area contributed by atoms with Gasteiger partial charge in [0.15, 0.2) is 5.78 Å². The van der Waals surface area contributed by atoms with Crippen LogP contribution in [0.4, 0.5) is 0 Å². The third kappa shape index (κ3) is 3.80. The molecule has 3 rings (SSSR count). The summed E-state index contributed by atoms with van der Waals surface area (Å²) in [5.74, 6) is 0.835. The lowest BCUT2D eigenvalue weighted by atomic mass is 10.2. The number of Topliss-reactive ketones (excluding diaryl/α,β-unsaturated/α-hetero) is 1. The Morgan fingerprint density at radius 3 is 2.82 bits per heavy atom. The highest BCUT2D eigenvalue weighted by molar-refractivity contribution is 7.99. The SMILES string of the molecule is Cc1nc(Cc2nnc(SCC(=O)c3ccccc3)o2)cs1. The van der Waals surface area contributed by atoms with Crippen LogP contribution in [-0.4, -0.2) is 26.7 Å². The highest BCUT2D eigenvalue weighted by Crippen LogP contribution is 2.19. The molecule has 0 N–H and O–H groups in total. The Hall–Kier alpha value is -1.99. The van der Waals surface area contributed by atoms with Gasteiger partial charge < -0.3 is 4.42 Å². The van der Waals surface area contributed by atoms with Gasteiger partial charge in [-0.2, -0.15) is 0 Å². The standard InChI is InChI=1S/C15H13N3O2S2/c1-10-16-12(8-21-10)7-14-17-18-15(20-14)22-9-13(19)11-5-3-2-4-6-11/h2-6,8H,7,9H2,1H3. The third-order valence-electron chi connectivity index (χ3n) is 2.87. The van der Waals surface area contributed by atoms with Crippen LogP contribution >= 0.6 is 23.1 Å².